The smallest absolute Gasteiger partial charge is 0.407 e. The van der Waals surface area contributed by atoms with Gasteiger partial charge in [0.05, 0.1) is 5.51 Å². The van der Waals surface area contributed by atoms with Crippen molar-refractivity contribution in [1.82, 2.24) is 15.2 Å². The van der Waals surface area contributed by atoms with Gasteiger partial charge in [0, 0.05) is 30.0 Å². The average Bonchev–Trinajstić information content (AvgIpc) is 3.47. The van der Waals surface area contributed by atoms with Crippen molar-refractivity contribution >= 4 is 29.3 Å². The highest BCUT2D eigenvalue weighted by atomic mass is 32.1. The lowest BCUT2D eigenvalue weighted by molar-refractivity contribution is -0.145. The molecule has 1 aliphatic carbocycles. The van der Waals surface area contributed by atoms with Crippen LogP contribution in [0, 0.1) is 0 Å². The number of nitrogens with one attached hydrogen (secondary N) is 1. The third kappa shape index (κ3) is 5.68. The number of amides is 2. The van der Waals surface area contributed by atoms with Gasteiger partial charge in [0.2, 0.25) is 5.91 Å². The molecule has 35 heavy (non-hydrogen) atoms. The fourth-order valence-corrected chi connectivity index (χ4v) is 5.09. The van der Waals surface area contributed by atoms with Gasteiger partial charge >= 0.3 is 12.1 Å². The second kappa shape index (κ2) is 11.1. The van der Waals surface area contributed by atoms with Gasteiger partial charge in [-0.05, 0) is 28.7 Å². The van der Waals surface area contributed by atoms with Crippen LogP contribution in [0.5, 0.6) is 0 Å². The normalized spacial score (nSPS) is 12.9. The van der Waals surface area contributed by atoms with E-state index < -0.39 is 30.6 Å². The van der Waals surface area contributed by atoms with E-state index >= 15 is 0 Å². The summed E-state index contributed by atoms with van der Waals surface area (Å²) in [6.45, 7) is 1.82. The molecule has 1 aliphatic rings. The molecular weight excluding hydrogens is 466 g/mol. The van der Waals surface area contributed by atoms with Crippen molar-refractivity contribution in [2.45, 2.75) is 31.7 Å². The van der Waals surface area contributed by atoms with E-state index in [9.17, 15) is 19.5 Å². The molecule has 0 bridgehead atoms. The highest BCUT2D eigenvalue weighted by Crippen LogP contribution is 2.44. The Morgan fingerprint density at radius 2 is 1.77 bits per heavy atom. The Kier molecular flexibility index (Phi) is 7.77. The van der Waals surface area contributed by atoms with Gasteiger partial charge in [0.25, 0.3) is 0 Å². The number of carbonyl (C=O) groups excluding carboxylic acids is 2. The zero-order valence-electron chi connectivity index (χ0n) is 19.3. The van der Waals surface area contributed by atoms with Gasteiger partial charge in [0.15, 0.2) is 0 Å². The quantitative estimate of drug-likeness (QED) is 0.443. The maximum atomic E-state index is 13.2. The van der Waals surface area contributed by atoms with E-state index in [4.69, 9.17) is 4.74 Å². The Labute approximate surface area is 207 Å². The number of ether oxygens (including phenoxy) is 1. The maximum Gasteiger partial charge on any atom is 0.407 e. The predicted molar refractivity (Wildman–Crippen MR) is 132 cm³/mol. The first kappa shape index (κ1) is 24.4. The summed E-state index contributed by atoms with van der Waals surface area (Å²) >= 11 is 1.36. The van der Waals surface area contributed by atoms with E-state index in [1.54, 1.807) is 11.7 Å². The van der Waals surface area contributed by atoms with Crippen molar-refractivity contribution in [2.24, 2.45) is 0 Å². The molecule has 3 aromatic rings. The molecular formula is C26H27N3O5S. The van der Waals surface area contributed by atoms with E-state index in [2.05, 4.69) is 22.4 Å². The fraction of sp³-hybridized carbons (Fsp3) is 0.308. The standard InChI is InChI=1S/C26H27N3O5S/c1-2-11-29(14-24(30)31)25(32)23(12-17-13-27-16-35-17)28-26(33)34-15-22-20-9-5-3-7-18(20)19-8-4-6-10-21(19)22/h3-10,13,16,22-23H,2,11-12,14-15H2,1H3,(H,28,33)(H,30,31). The monoisotopic (exact) mass is 493 g/mol. The van der Waals surface area contributed by atoms with Gasteiger partial charge in [-0.25, -0.2) is 4.79 Å². The van der Waals surface area contributed by atoms with E-state index in [-0.39, 0.29) is 25.5 Å². The molecule has 0 aliphatic heterocycles. The number of aromatic nitrogens is 1. The largest absolute Gasteiger partial charge is 0.480 e. The van der Waals surface area contributed by atoms with E-state index in [0.717, 1.165) is 27.1 Å². The van der Waals surface area contributed by atoms with Crippen molar-refractivity contribution in [2.75, 3.05) is 19.7 Å². The molecule has 1 aromatic heterocycles. The predicted octanol–water partition coefficient (Wildman–Crippen LogP) is 3.92. The van der Waals surface area contributed by atoms with Crippen LogP contribution in [0.3, 0.4) is 0 Å². The third-order valence-corrected chi connectivity index (χ3v) is 6.76. The summed E-state index contributed by atoms with van der Waals surface area (Å²) in [5.41, 5.74) is 6.08. The lowest BCUT2D eigenvalue weighted by atomic mass is 9.98. The number of carboxylic acids is 1. The van der Waals surface area contributed by atoms with Crippen molar-refractivity contribution in [3.63, 3.8) is 0 Å². The van der Waals surface area contributed by atoms with E-state index in [1.807, 2.05) is 43.3 Å². The molecule has 0 spiro atoms. The maximum absolute atomic E-state index is 13.2. The molecule has 2 amide bonds. The van der Waals surface area contributed by atoms with Crippen LogP contribution < -0.4 is 5.32 Å². The summed E-state index contributed by atoms with van der Waals surface area (Å²) in [5, 5.41) is 11.9. The number of hydrogen-bond donors (Lipinski definition) is 2. The minimum Gasteiger partial charge on any atom is -0.480 e. The van der Waals surface area contributed by atoms with Gasteiger partial charge in [-0.15, -0.1) is 11.3 Å². The number of rotatable bonds is 10. The number of carboxylic acid groups (broad SMARTS) is 1. The van der Waals surface area contributed by atoms with Crippen LogP contribution in [0.1, 0.15) is 35.3 Å². The first-order valence-corrected chi connectivity index (χ1v) is 12.3. The molecule has 1 atom stereocenters. The Balaban J connectivity index is 1.47. The molecule has 0 radical (unpaired) electrons. The highest BCUT2D eigenvalue weighted by Gasteiger charge is 2.31. The number of aliphatic carboxylic acids is 1. The molecule has 9 heteroatoms. The van der Waals surface area contributed by atoms with Crippen LogP contribution >= 0.6 is 11.3 Å². The number of carbonyl (C=O) groups is 3. The minimum absolute atomic E-state index is 0.104. The van der Waals surface area contributed by atoms with Crippen molar-refractivity contribution in [3.8, 4) is 11.1 Å². The van der Waals surface area contributed by atoms with E-state index in [1.165, 1.54) is 16.2 Å². The Hall–Kier alpha value is -3.72. The SMILES string of the molecule is CCCN(CC(=O)O)C(=O)C(Cc1cncs1)NC(=O)OCC1c2ccccc2-c2ccccc21. The second-order valence-electron chi connectivity index (χ2n) is 8.35. The van der Waals surface area contributed by atoms with Crippen LogP contribution in [0.15, 0.2) is 60.2 Å². The summed E-state index contributed by atoms with van der Waals surface area (Å²) in [7, 11) is 0. The van der Waals surface area contributed by atoms with Gasteiger partial charge < -0.3 is 20.1 Å². The molecule has 2 aromatic carbocycles. The second-order valence-corrected chi connectivity index (χ2v) is 9.32. The Morgan fingerprint density at radius 3 is 2.34 bits per heavy atom. The van der Waals surface area contributed by atoms with Crippen LogP contribution in [0.2, 0.25) is 0 Å². The molecule has 1 unspecified atom stereocenters. The molecule has 0 saturated heterocycles. The molecule has 182 valence electrons. The lowest BCUT2D eigenvalue weighted by Gasteiger charge is -2.26. The summed E-state index contributed by atoms with van der Waals surface area (Å²) < 4.78 is 5.61. The minimum atomic E-state index is -1.11. The molecule has 1 heterocycles. The summed E-state index contributed by atoms with van der Waals surface area (Å²) in [6, 6.07) is 15.1. The molecule has 0 fully saturated rings. The molecule has 0 saturated carbocycles. The van der Waals surface area contributed by atoms with Crippen LogP contribution in [0.4, 0.5) is 4.79 Å². The Bertz CT molecular complexity index is 1150. The van der Waals surface area contributed by atoms with Crippen LogP contribution in [-0.4, -0.2) is 58.7 Å². The van der Waals surface area contributed by atoms with E-state index in [0.29, 0.717) is 6.42 Å². The van der Waals surface area contributed by atoms with Gasteiger partial charge in [-0.3, -0.25) is 14.6 Å². The summed E-state index contributed by atoms with van der Waals surface area (Å²) in [6.07, 6.45) is 1.71. The van der Waals surface area contributed by atoms with Crippen molar-refractivity contribution in [1.29, 1.82) is 0 Å². The van der Waals surface area contributed by atoms with Crippen molar-refractivity contribution < 1.29 is 24.2 Å². The fourth-order valence-electron chi connectivity index (χ4n) is 4.45. The summed E-state index contributed by atoms with van der Waals surface area (Å²) in [5.74, 6) is -1.67. The first-order chi connectivity index (χ1) is 17.0. The Morgan fingerprint density at radius 1 is 1.11 bits per heavy atom. The number of benzene rings is 2. The topological polar surface area (TPSA) is 109 Å². The van der Waals surface area contributed by atoms with Gasteiger partial charge in [-0.2, -0.15) is 0 Å². The number of fused-ring (bicyclic) bond motifs is 3. The number of hydrogen-bond acceptors (Lipinski definition) is 6. The molecule has 2 N–H and O–H groups in total. The third-order valence-electron chi connectivity index (χ3n) is 5.95. The molecule has 4 rings (SSSR count). The summed E-state index contributed by atoms with van der Waals surface area (Å²) in [4.78, 5) is 43.4. The zero-order valence-corrected chi connectivity index (χ0v) is 20.2. The number of alkyl carbamates (subject to hydrolysis) is 1. The highest BCUT2D eigenvalue weighted by molar-refractivity contribution is 7.09. The lowest BCUT2D eigenvalue weighted by Crippen LogP contribution is -2.51. The van der Waals surface area contributed by atoms with Gasteiger partial charge in [0.1, 0.15) is 19.2 Å². The zero-order chi connectivity index (χ0) is 24.8. The van der Waals surface area contributed by atoms with Crippen LogP contribution in [0.25, 0.3) is 11.1 Å². The first-order valence-electron chi connectivity index (χ1n) is 11.5. The van der Waals surface area contributed by atoms with Crippen LogP contribution in [-0.2, 0) is 20.7 Å². The van der Waals surface area contributed by atoms with Crippen molar-refractivity contribution in [3.05, 3.63) is 76.2 Å². The molecule has 8 nitrogen and oxygen atoms in total. The average molecular weight is 494 g/mol. The van der Waals surface area contributed by atoms with Gasteiger partial charge in [-0.1, -0.05) is 55.5 Å². The number of nitrogens with zero attached hydrogens (tertiary/aromatic N) is 2. The number of thiazole rings is 1.